The standard InChI is InChI=1S/C23H23F3N2O3S/c1-13-11-18(9-10-19(13)31-12-20(29)30)28(4)15(3)21-14(2)27-22(32-21)16-5-7-17(8-6-16)23(24,25)26/h5-11,15H,12H2,1-4H3,(H,29,30)/t15-/m1/s1. The lowest BCUT2D eigenvalue weighted by atomic mass is 10.1. The average molecular weight is 465 g/mol. The van der Waals surface area contributed by atoms with Gasteiger partial charge in [0.15, 0.2) is 6.61 Å². The Balaban J connectivity index is 1.80. The first-order chi connectivity index (χ1) is 15.0. The van der Waals surface area contributed by atoms with Gasteiger partial charge in [-0.3, -0.25) is 0 Å². The van der Waals surface area contributed by atoms with Gasteiger partial charge in [0.1, 0.15) is 10.8 Å². The monoisotopic (exact) mass is 464 g/mol. The summed E-state index contributed by atoms with van der Waals surface area (Å²) in [4.78, 5) is 18.4. The molecule has 0 saturated carbocycles. The number of rotatable bonds is 7. The van der Waals surface area contributed by atoms with Crippen molar-refractivity contribution in [2.75, 3.05) is 18.6 Å². The van der Waals surface area contributed by atoms with Gasteiger partial charge in [0.25, 0.3) is 0 Å². The maximum Gasteiger partial charge on any atom is 0.416 e. The minimum atomic E-state index is -4.37. The summed E-state index contributed by atoms with van der Waals surface area (Å²) in [5.41, 5.74) is 2.51. The number of hydrogen-bond donors (Lipinski definition) is 1. The Morgan fingerprint density at radius 2 is 1.84 bits per heavy atom. The van der Waals surface area contributed by atoms with E-state index in [1.54, 1.807) is 6.07 Å². The van der Waals surface area contributed by atoms with Gasteiger partial charge in [0.2, 0.25) is 0 Å². The number of hydrogen-bond acceptors (Lipinski definition) is 5. The van der Waals surface area contributed by atoms with E-state index in [0.717, 1.165) is 34.0 Å². The summed E-state index contributed by atoms with van der Waals surface area (Å²) in [6.07, 6.45) is -4.37. The lowest BCUT2D eigenvalue weighted by molar-refractivity contribution is -0.139. The van der Waals surface area contributed by atoms with Crippen molar-refractivity contribution in [3.05, 3.63) is 64.2 Å². The Hall–Kier alpha value is -3.07. The molecule has 0 amide bonds. The molecule has 0 aliphatic carbocycles. The van der Waals surface area contributed by atoms with E-state index in [1.807, 2.05) is 40.0 Å². The predicted octanol–water partition coefficient (Wildman–Crippen LogP) is 6.11. The van der Waals surface area contributed by atoms with Gasteiger partial charge in [-0.15, -0.1) is 11.3 Å². The average Bonchev–Trinajstić information content (AvgIpc) is 3.12. The Morgan fingerprint density at radius 1 is 1.19 bits per heavy atom. The highest BCUT2D eigenvalue weighted by molar-refractivity contribution is 7.15. The quantitative estimate of drug-likeness (QED) is 0.457. The zero-order valence-electron chi connectivity index (χ0n) is 18.0. The van der Waals surface area contributed by atoms with Crippen LogP contribution in [-0.4, -0.2) is 29.7 Å². The molecule has 170 valence electrons. The van der Waals surface area contributed by atoms with E-state index >= 15 is 0 Å². The van der Waals surface area contributed by atoms with Crippen LogP contribution in [0.5, 0.6) is 5.75 Å². The van der Waals surface area contributed by atoms with Crippen molar-refractivity contribution in [1.82, 2.24) is 4.98 Å². The van der Waals surface area contributed by atoms with Crippen molar-refractivity contribution in [3.8, 4) is 16.3 Å². The molecule has 0 radical (unpaired) electrons. The van der Waals surface area contributed by atoms with Crippen LogP contribution in [0.1, 0.15) is 34.7 Å². The molecule has 0 aliphatic rings. The second-order valence-corrected chi connectivity index (χ2v) is 8.49. The van der Waals surface area contributed by atoms with Crippen LogP contribution in [0.4, 0.5) is 18.9 Å². The Labute approximate surface area is 188 Å². The summed E-state index contributed by atoms with van der Waals surface area (Å²) in [6, 6.07) is 10.5. The maximum atomic E-state index is 12.8. The third kappa shape index (κ3) is 5.21. The molecule has 0 aliphatic heterocycles. The normalized spacial score (nSPS) is 12.5. The SMILES string of the molecule is Cc1cc(N(C)[C@H](C)c2sc(-c3ccc(C(F)(F)F)cc3)nc2C)ccc1OCC(=O)O. The van der Waals surface area contributed by atoms with E-state index in [4.69, 9.17) is 9.84 Å². The summed E-state index contributed by atoms with van der Waals surface area (Å²) in [5, 5.41) is 9.45. The molecule has 0 bridgehead atoms. The van der Waals surface area contributed by atoms with Gasteiger partial charge in [-0.25, -0.2) is 9.78 Å². The number of carboxylic acids is 1. The number of thiazole rings is 1. The van der Waals surface area contributed by atoms with Crippen molar-refractivity contribution in [3.63, 3.8) is 0 Å². The van der Waals surface area contributed by atoms with E-state index in [-0.39, 0.29) is 6.04 Å². The van der Waals surface area contributed by atoms with Crippen LogP contribution < -0.4 is 9.64 Å². The highest BCUT2D eigenvalue weighted by Gasteiger charge is 2.30. The van der Waals surface area contributed by atoms with Crippen molar-refractivity contribution in [1.29, 1.82) is 0 Å². The second kappa shape index (κ2) is 9.20. The Morgan fingerprint density at radius 3 is 2.41 bits per heavy atom. The molecule has 1 atom stereocenters. The molecule has 3 aromatic rings. The van der Waals surface area contributed by atoms with Crippen LogP contribution in [0.3, 0.4) is 0 Å². The predicted molar refractivity (Wildman–Crippen MR) is 118 cm³/mol. The Bertz CT molecular complexity index is 1110. The van der Waals surface area contributed by atoms with Crippen LogP contribution >= 0.6 is 11.3 Å². The lowest BCUT2D eigenvalue weighted by Gasteiger charge is -2.27. The van der Waals surface area contributed by atoms with Crippen LogP contribution in [0.25, 0.3) is 10.6 Å². The number of aromatic nitrogens is 1. The molecule has 9 heteroatoms. The molecule has 1 aromatic heterocycles. The fraction of sp³-hybridized carbons (Fsp3) is 0.304. The summed E-state index contributed by atoms with van der Waals surface area (Å²) in [7, 11) is 1.94. The highest BCUT2D eigenvalue weighted by atomic mass is 32.1. The summed E-state index contributed by atoms with van der Waals surface area (Å²) in [5.74, 6) is -0.528. The summed E-state index contributed by atoms with van der Waals surface area (Å²) in [6.45, 7) is 5.36. The minimum absolute atomic E-state index is 0.0408. The van der Waals surface area contributed by atoms with Crippen LogP contribution in [0.15, 0.2) is 42.5 Å². The third-order valence-corrected chi connectivity index (χ3v) is 6.55. The Kier molecular flexibility index (Phi) is 6.78. The number of halogens is 3. The van der Waals surface area contributed by atoms with Gasteiger partial charge >= 0.3 is 12.1 Å². The molecule has 3 rings (SSSR count). The van der Waals surface area contributed by atoms with E-state index in [2.05, 4.69) is 9.88 Å². The van der Waals surface area contributed by atoms with Crippen LogP contribution in [-0.2, 0) is 11.0 Å². The van der Waals surface area contributed by atoms with Crippen molar-refractivity contribution >= 4 is 23.0 Å². The number of benzene rings is 2. The largest absolute Gasteiger partial charge is 0.482 e. The van der Waals surface area contributed by atoms with Crippen LogP contribution in [0.2, 0.25) is 0 Å². The first-order valence-corrected chi connectivity index (χ1v) is 10.6. The number of ether oxygens (including phenoxy) is 1. The lowest BCUT2D eigenvalue weighted by Crippen LogP contribution is -2.21. The van der Waals surface area contributed by atoms with E-state index < -0.39 is 24.3 Å². The number of nitrogens with zero attached hydrogens (tertiary/aromatic N) is 2. The molecule has 5 nitrogen and oxygen atoms in total. The van der Waals surface area contributed by atoms with E-state index in [9.17, 15) is 18.0 Å². The number of alkyl halides is 3. The first-order valence-electron chi connectivity index (χ1n) is 9.80. The van der Waals surface area contributed by atoms with Crippen LogP contribution in [0, 0.1) is 13.8 Å². The third-order valence-electron chi connectivity index (χ3n) is 5.17. The number of anilines is 1. The molecule has 1 heterocycles. The molecule has 0 fully saturated rings. The zero-order valence-corrected chi connectivity index (χ0v) is 18.8. The van der Waals surface area contributed by atoms with Gasteiger partial charge in [0.05, 0.1) is 22.2 Å². The second-order valence-electron chi connectivity index (χ2n) is 7.46. The number of aliphatic carboxylic acids is 1. The summed E-state index contributed by atoms with van der Waals surface area (Å²) < 4.78 is 43.8. The maximum absolute atomic E-state index is 12.8. The first kappa shape index (κ1) is 23.6. The molecule has 0 spiro atoms. The molecule has 32 heavy (non-hydrogen) atoms. The molecular weight excluding hydrogens is 441 g/mol. The van der Waals surface area contributed by atoms with E-state index in [1.165, 1.54) is 23.5 Å². The number of carbonyl (C=O) groups is 1. The van der Waals surface area contributed by atoms with Gasteiger partial charge in [-0.05, 0) is 56.7 Å². The molecule has 0 unspecified atom stereocenters. The molecule has 0 saturated heterocycles. The molecule has 1 N–H and O–H groups in total. The fourth-order valence-corrected chi connectivity index (χ4v) is 4.44. The van der Waals surface area contributed by atoms with Gasteiger partial charge in [-0.1, -0.05) is 12.1 Å². The van der Waals surface area contributed by atoms with Crippen molar-refractivity contribution in [2.45, 2.75) is 33.0 Å². The van der Waals surface area contributed by atoms with E-state index in [0.29, 0.717) is 16.3 Å². The fourth-order valence-electron chi connectivity index (χ4n) is 3.27. The molecule has 2 aromatic carbocycles. The number of aryl methyl sites for hydroxylation is 2. The highest BCUT2D eigenvalue weighted by Crippen LogP contribution is 2.37. The van der Waals surface area contributed by atoms with Gasteiger partial charge in [-0.2, -0.15) is 13.2 Å². The number of carboxylic acid groups (broad SMARTS) is 1. The minimum Gasteiger partial charge on any atom is -0.482 e. The van der Waals surface area contributed by atoms with Gasteiger partial charge in [0, 0.05) is 18.3 Å². The van der Waals surface area contributed by atoms with Crippen molar-refractivity contribution in [2.24, 2.45) is 0 Å². The van der Waals surface area contributed by atoms with Gasteiger partial charge < -0.3 is 14.7 Å². The molecular formula is C23H23F3N2O3S. The zero-order chi connectivity index (χ0) is 23.6. The topological polar surface area (TPSA) is 62.7 Å². The summed E-state index contributed by atoms with van der Waals surface area (Å²) >= 11 is 1.45. The smallest absolute Gasteiger partial charge is 0.416 e. The van der Waals surface area contributed by atoms with Crippen molar-refractivity contribution < 1.29 is 27.8 Å².